The van der Waals surface area contributed by atoms with Crippen LogP contribution in [0.2, 0.25) is 0 Å². The molecule has 0 unspecified atom stereocenters. The zero-order valence-electron chi connectivity index (χ0n) is 12.8. The van der Waals surface area contributed by atoms with E-state index in [0.29, 0.717) is 25.2 Å². The second-order valence-corrected chi connectivity index (χ2v) is 6.45. The van der Waals surface area contributed by atoms with Gasteiger partial charge in [0.1, 0.15) is 0 Å². The van der Waals surface area contributed by atoms with Crippen LogP contribution in [0.5, 0.6) is 0 Å². The van der Waals surface area contributed by atoms with Gasteiger partial charge in [-0.2, -0.15) is 0 Å². The van der Waals surface area contributed by atoms with Gasteiger partial charge in [0.05, 0.1) is 6.54 Å². The smallest absolute Gasteiger partial charge is 0.234 e. The summed E-state index contributed by atoms with van der Waals surface area (Å²) in [6, 6.07) is 1.04. The summed E-state index contributed by atoms with van der Waals surface area (Å²) in [5.74, 6) is 0.222. The predicted molar refractivity (Wildman–Crippen MR) is 82.5 cm³/mol. The number of nitrogens with two attached hydrogens (primary N) is 1. The van der Waals surface area contributed by atoms with Crippen LogP contribution in [0.25, 0.3) is 0 Å². The minimum atomic E-state index is 0.222. The molecule has 2 aliphatic rings. The molecular formula is C16H31N3O. The van der Waals surface area contributed by atoms with Gasteiger partial charge in [0.25, 0.3) is 0 Å². The summed E-state index contributed by atoms with van der Waals surface area (Å²) < 4.78 is 0. The number of nitrogens with zero attached hydrogens (tertiary/aromatic N) is 1. The van der Waals surface area contributed by atoms with Crippen molar-refractivity contribution < 1.29 is 4.79 Å². The van der Waals surface area contributed by atoms with Crippen molar-refractivity contribution in [2.24, 2.45) is 5.73 Å². The molecule has 0 aromatic carbocycles. The average Bonchev–Trinajstić information content (AvgIpc) is 2.97. The van der Waals surface area contributed by atoms with E-state index >= 15 is 0 Å². The van der Waals surface area contributed by atoms with Crippen molar-refractivity contribution in [1.82, 2.24) is 10.2 Å². The van der Waals surface area contributed by atoms with Gasteiger partial charge >= 0.3 is 0 Å². The Kier molecular flexibility index (Phi) is 6.80. The van der Waals surface area contributed by atoms with Crippen molar-refractivity contribution in [3.63, 3.8) is 0 Å². The quantitative estimate of drug-likeness (QED) is 0.750. The van der Waals surface area contributed by atoms with E-state index in [4.69, 9.17) is 5.73 Å². The minimum Gasteiger partial charge on any atom is -0.352 e. The van der Waals surface area contributed by atoms with Gasteiger partial charge in [-0.25, -0.2) is 0 Å². The van der Waals surface area contributed by atoms with E-state index in [0.717, 1.165) is 25.8 Å². The molecule has 0 aromatic rings. The molecule has 0 heterocycles. The van der Waals surface area contributed by atoms with Crippen LogP contribution in [0.4, 0.5) is 0 Å². The maximum absolute atomic E-state index is 12.2. The van der Waals surface area contributed by atoms with Gasteiger partial charge in [-0.1, -0.05) is 32.1 Å². The highest BCUT2D eigenvalue weighted by Crippen LogP contribution is 2.23. The molecule has 0 bridgehead atoms. The summed E-state index contributed by atoms with van der Waals surface area (Å²) in [6.07, 6.45) is 12.3. The van der Waals surface area contributed by atoms with Crippen molar-refractivity contribution in [3.8, 4) is 0 Å². The molecule has 116 valence electrons. The molecule has 2 aliphatic carbocycles. The maximum Gasteiger partial charge on any atom is 0.234 e. The molecule has 0 atom stereocenters. The van der Waals surface area contributed by atoms with Crippen molar-refractivity contribution in [3.05, 3.63) is 0 Å². The highest BCUT2D eigenvalue weighted by Gasteiger charge is 2.24. The SMILES string of the molecule is NCCCN(CC(=O)NC1CCCC1)C1CCCCC1. The third-order valence-corrected chi connectivity index (χ3v) is 4.81. The second kappa shape index (κ2) is 8.63. The molecule has 20 heavy (non-hydrogen) atoms. The lowest BCUT2D eigenvalue weighted by molar-refractivity contribution is -0.123. The zero-order chi connectivity index (χ0) is 14.2. The Labute approximate surface area is 123 Å². The number of carbonyl (C=O) groups is 1. The fourth-order valence-corrected chi connectivity index (χ4v) is 3.66. The fraction of sp³-hybridized carbons (Fsp3) is 0.938. The van der Waals surface area contributed by atoms with Crippen LogP contribution in [-0.4, -0.2) is 42.5 Å². The van der Waals surface area contributed by atoms with Gasteiger partial charge in [0, 0.05) is 18.6 Å². The molecule has 4 nitrogen and oxygen atoms in total. The first-order valence-corrected chi connectivity index (χ1v) is 8.53. The molecule has 0 spiro atoms. The van der Waals surface area contributed by atoms with E-state index in [9.17, 15) is 4.79 Å². The summed E-state index contributed by atoms with van der Waals surface area (Å²) >= 11 is 0. The Morgan fingerprint density at radius 1 is 1.05 bits per heavy atom. The van der Waals surface area contributed by atoms with Gasteiger partial charge in [0.15, 0.2) is 0 Å². The number of hydrogen-bond acceptors (Lipinski definition) is 3. The van der Waals surface area contributed by atoms with Crippen molar-refractivity contribution in [2.45, 2.75) is 76.3 Å². The topological polar surface area (TPSA) is 58.4 Å². The number of nitrogens with one attached hydrogen (secondary N) is 1. The normalized spacial score (nSPS) is 21.5. The van der Waals surface area contributed by atoms with E-state index in [1.54, 1.807) is 0 Å². The average molecular weight is 281 g/mol. The maximum atomic E-state index is 12.2. The summed E-state index contributed by atoms with van der Waals surface area (Å²) in [5.41, 5.74) is 5.64. The molecule has 2 fully saturated rings. The van der Waals surface area contributed by atoms with Crippen molar-refractivity contribution in [2.75, 3.05) is 19.6 Å². The molecular weight excluding hydrogens is 250 g/mol. The van der Waals surface area contributed by atoms with Crippen molar-refractivity contribution in [1.29, 1.82) is 0 Å². The van der Waals surface area contributed by atoms with E-state index in [2.05, 4.69) is 10.2 Å². The number of amides is 1. The first-order valence-electron chi connectivity index (χ1n) is 8.53. The molecule has 2 saturated carbocycles. The van der Waals surface area contributed by atoms with Crippen LogP contribution in [0.1, 0.15) is 64.2 Å². The van der Waals surface area contributed by atoms with Crippen LogP contribution in [0, 0.1) is 0 Å². The Hall–Kier alpha value is -0.610. The van der Waals surface area contributed by atoms with Gasteiger partial charge in [0.2, 0.25) is 5.91 Å². The summed E-state index contributed by atoms with van der Waals surface area (Å²) in [6.45, 7) is 2.26. The summed E-state index contributed by atoms with van der Waals surface area (Å²) in [4.78, 5) is 14.6. The number of carbonyl (C=O) groups excluding carboxylic acids is 1. The Balaban J connectivity index is 1.80. The third kappa shape index (κ3) is 5.06. The molecule has 0 aromatic heterocycles. The Bertz CT molecular complexity index is 283. The third-order valence-electron chi connectivity index (χ3n) is 4.81. The van der Waals surface area contributed by atoms with Crippen molar-refractivity contribution >= 4 is 5.91 Å². The molecule has 2 rings (SSSR count). The Morgan fingerprint density at radius 2 is 1.70 bits per heavy atom. The number of hydrogen-bond donors (Lipinski definition) is 2. The van der Waals surface area contributed by atoms with Crippen LogP contribution in [0.15, 0.2) is 0 Å². The molecule has 0 aliphatic heterocycles. The zero-order valence-corrected chi connectivity index (χ0v) is 12.8. The van der Waals surface area contributed by atoms with Gasteiger partial charge in [-0.3, -0.25) is 9.69 Å². The highest BCUT2D eigenvalue weighted by atomic mass is 16.2. The fourth-order valence-electron chi connectivity index (χ4n) is 3.66. The molecule has 1 amide bonds. The van der Waals surface area contributed by atoms with E-state index in [-0.39, 0.29) is 5.91 Å². The number of rotatable bonds is 7. The van der Waals surface area contributed by atoms with Crippen LogP contribution < -0.4 is 11.1 Å². The minimum absolute atomic E-state index is 0.222. The van der Waals surface area contributed by atoms with Crippen LogP contribution >= 0.6 is 0 Å². The standard InChI is InChI=1S/C16H31N3O/c17-11-6-12-19(15-9-2-1-3-10-15)13-16(20)18-14-7-4-5-8-14/h14-15H,1-13,17H2,(H,18,20). The Morgan fingerprint density at radius 3 is 2.35 bits per heavy atom. The largest absolute Gasteiger partial charge is 0.352 e. The summed E-state index contributed by atoms with van der Waals surface area (Å²) in [5, 5.41) is 3.21. The van der Waals surface area contributed by atoms with Gasteiger partial charge < -0.3 is 11.1 Å². The van der Waals surface area contributed by atoms with E-state index in [1.807, 2.05) is 0 Å². The second-order valence-electron chi connectivity index (χ2n) is 6.45. The van der Waals surface area contributed by atoms with Gasteiger partial charge in [-0.05, 0) is 38.6 Å². The van der Waals surface area contributed by atoms with E-state index in [1.165, 1.54) is 44.9 Å². The van der Waals surface area contributed by atoms with Crippen LogP contribution in [0.3, 0.4) is 0 Å². The van der Waals surface area contributed by atoms with E-state index < -0.39 is 0 Å². The molecule has 0 radical (unpaired) electrons. The van der Waals surface area contributed by atoms with Gasteiger partial charge in [-0.15, -0.1) is 0 Å². The molecule has 0 saturated heterocycles. The predicted octanol–water partition coefficient (Wildman–Crippen LogP) is 2.03. The van der Waals surface area contributed by atoms with Crippen LogP contribution in [-0.2, 0) is 4.79 Å². The molecule has 3 N–H and O–H groups in total. The summed E-state index contributed by atoms with van der Waals surface area (Å²) in [7, 11) is 0. The lowest BCUT2D eigenvalue weighted by Crippen LogP contribution is -2.46. The lowest BCUT2D eigenvalue weighted by Gasteiger charge is -2.34. The lowest BCUT2D eigenvalue weighted by atomic mass is 9.94. The first kappa shape index (κ1) is 15.8. The monoisotopic (exact) mass is 281 g/mol. The highest BCUT2D eigenvalue weighted by molar-refractivity contribution is 5.78. The first-order chi connectivity index (χ1) is 9.79. The molecule has 4 heteroatoms.